The van der Waals surface area contributed by atoms with Crippen molar-refractivity contribution in [2.75, 3.05) is 39.3 Å². The van der Waals surface area contributed by atoms with Crippen LogP contribution < -0.4 is 4.74 Å². The summed E-state index contributed by atoms with van der Waals surface area (Å²) in [7, 11) is 0. The van der Waals surface area contributed by atoms with Crippen LogP contribution in [0.1, 0.15) is 15.4 Å². The zero-order chi connectivity index (χ0) is 24.5. The molecular formula is C29H28N4O2S. The van der Waals surface area contributed by atoms with Crippen molar-refractivity contribution in [3.8, 4) is 11.4 Å². The molecule has 2 aromatic heterocycles. The maximum atomic E-state index is 13.3. The van der Waals surface area contributed by atoms with Crippen LogP contribution in [0.5, 0.6) is 5.75 Å². The van der Waals surface area contributed by atoms with Gasteiger partial charge in [0, 0.05) is 43.5 Å². The van der Waals surface area contributed by atoms with Crippen molar-refractivity contribution in [2.45, 2.75) is 6.92 Å². The fourth-order valence-corrected chi connectivity index (χ4v) is 5.98. The Hall–Kier alpha value is -3.68. The first-order valence-electron chi connectivity index (χ1n) is 12.3. The number of carbonyl (C=O) groups excluding carboxylic acids is 1. The SMILES string of the molecule is Cc1nn(-c2ccccc2)c2sc(C(=O)N3CCN(CCOc4cccc5ccccc45)CC3)cc12. The largest absolute Gasteiger partial charge is 0.492 e. The van der Waals surface area contributed by atoms with Crippen molar-refractivity contribution >= 4 is 38.2 Å². The summed E-state index contributed by atoms with van der Waals surface area (Å²) in [5.41, 5.74) is 1.95. The van der Waals surface area contributed by atoms with Gasteiger partial charge in [-0.2, -0.15) is 5.10 Å². The molecule has 1 aliphatic heterocycles. The van der Waals surface area contributed by atoms with E-state index in [4.69, 9.17) is 9.84 Å². The molecule has 0 N–H and O–H groups in total. The number of hydrogen-bond acceptors (Lipinski definition) is 5. The maximum absolute atomic E-state index is 13.3. The van der Waals surface area contributed by atoms with Crippen molar-refractivity contribution < 1.29 is 9.53 Å². The summed E-state index contributed by atoms with van der Waals surface area (Å²) in [5.74, 6) is 1.04. The van der Waals surface area contributed by atoms with E-state index in [1.165, 1.54) is 16.7 Å². The lowest BCUT2D eigenvalue weighted by molar-refractivity contribution is 0.0625. The molecule has 7 heteroatoms. The average Bonchev–Trinajstić information content (AvgIpc) is 3.50. The van der Waals surface area contributed by atoms with Gasteiger partial charge in [0.2, 0.25) is 0 Å². The topological polar surface area (TPSA) is 50.6 Å². The number of thiophene rings is 1. The predicted molar refractivity (Wildman–Crippen MR) is 145 cm³/mol. The van der Waals surface area contributed by atoms with Gasteiger partial charge in [-0.1, -0.05) is 54.6 Å². The third-order valence-electron chi connectivity index (χ3n) is 6.83. The Balaban J connectivity index is 1.07. The number of fused-ring (bicyclic) bond motifs is 2. The van der Waals surface area contributed by atoms with Gasteiger partial charge < -0.3 is 9.64 Å². The van der Waals surface area contributed by atoms with Gasteiger partial charge in [0.1, 0.15) is 17.2 Å². The molecule has 1 amide bonds. The minimum Gasteiger partial charge on any atom is -0.492 e. The van der Waals surface area contributed by atoms with Crippen LogP contribution in [0.4, 0.5) is 0 Å². The normalized spacial score (nSPS) is 14.5. The number of benzene rings is 3. The number of carbonyl (C=O) groups is 1. The molecule has 1 fully saturated rings. The van der Waals surface area contributed by atoms with Gasteiger partial charge in [-0.15, -0.1) is 11.3 Å². The van der Waals surface area contributed by atoms with Gasteiger partial charge in [-0.25, -0.2) is 4.68 Å². The molecule has 3 heterocycles. The van der Waals surface area contributed by atoms with Crippen molar-refractivity contribution in [3.05, 3.63) is 89.4 Å². The highest BCUT2D eigenvalue weighted by atomic mass is 32.1. The van der Waals surface area contributed by atoms with Crippen molar-refractivity contribution in [3.63, 3.8) is 0 Å². The molecule has 1 saturated heterocycles. The zero-order valence-corrected chi connectivity index (χ0v) is 21.1. The summed E-state index contributed by atoms with van der Waals surface area (Å²) in [5, 5.41) is 8.08. The molecule has 0 saturated carbocycles. The Bertz CT molecular complexity index is 1510. The van der Waals surface area contributed by atoms with Crippen molar-refractivity contribution in [1.29, 1.82) is 0 Å². The van der Waals surface area contributed by atoms with Gasteiger partial charge in [0.15, 0.2) is 0 Å². The first-order chi connectivity index (χ1) is 17.7. The molecule has 0 spiro atoms. The van der Waals surface area contributed by atoms with Crippen LogP contribution in [-0.4, -0.2) is 64.8 Å². The van der Waals surface area contributed by atoms with Crippen molar-refractivity contribution in [1.82, 2.24) is 19.6 Å². The van der Waals surface area contributed by atoms with Gasteiger partial charge in [-0.3, -0.25) is 9.69 Å². The Morgan fingerprint density at radius 3 is 2.50 bits per heavy atom. The second-order valence-electron chi connectivity index (χ2n) is 9.12. The van der Waals surface area contributed by atoms with Crippen LogP contribution in [-0.2, 0) is 0 Å². The third kappa shape index (κ3) is 4.36. The number of amides is 1. The second-order valence-corrected chi connectivity index (χ2v) is 10.2. The van der Waals surface area contributed by atoms with E-state index in [1.807, 2.05) is 77.2 Å². The van der Waals surface area contributed by atoms with Crippen LogP contribution in [0.2, 0.25) is 0 Å². The lowest BCUT2D eigenvalue weighted by Gasteiger charge is -2.34. The van der Waals surface area contributed by atoms with Crippen LogP contribution in [0, 0.1) is 6.92 Å². The monoisotopic (exact) mass is 496 g/mol. The number of hydrogen-bond donors (Lipinski definition) is 0. The molecule has 3 aromatic carbocycles. The summed E-state index contributed by atoms with van der Waals surface area (Å²) in [6.45, 7) is 6.64. The highest BCUT2D eigenvalue weighted by Crippen LogP contribution is 2.31. The maximum Gasteiger partial charge on any atom is 0.264 e. The minimum atomic E-state index is 0.113. The molecular weight excluding hydrogens is 468 g/mol. The molecule has 1 aliphatic rings. The Kier molecular flexibility index (Phi) is 6.17. The first kappa shape index (κ1) is 22.8. The Morgan fingerprint density at radius 1 is 0.917 bits per heavy atom. The Labute approximate surface area is 214 Å². The van der Waals surface area contributed by atoms with E-state index in [0.29, 0.717) is 6.61 Å². The molecule has 0 bridgehead atoms. The molecule has 182 valence electrons. The average molecular weight is 497 g/mol. The zero-order valence-electron chi connectivity index (χ0n) is 20.3. The van der Waals surface area contributed by atoms with Crippen molar-refractivity contribution in [2.24, 2.45) is 0 Å². The summed E-state index contributed by atoms with van der Waals surface area (Å²) in [4.78, 5) is 19.5. The van der Waals surface area contributed by atoms with Gasteiger partial charge in [-0.05, 0) is 36.6 Å². The lowest BCUT2D eigenvalue weighted by atomic mass is 10.1. The molecule has 6 rings (SSSR count). The third-order valence-corrected chi connectivity index (χ3v) is 7.93. The van der Waals surface area contributed by atoms with Gasteiger partial charge in [0.05, 0.1) is 16.3 Å². The fourth-order valence-electron chi connectivity index (χ4n) is 4.83. The van der Waals surface area contributed by atoms with Crippen LogP contribution in [0.3, 0.4) is 0 Å². The summed E-state index contributed by atoms with van der Waals surface area (Å²) in [6.07, 6.45) is 0. The van der Waals surface area contributed by atoms with E-state index in [1.54, 1.807) is 0 Å². The van der Waals surface area contributed by atoms with Crippen LogP contribution in [0.15, 0.2) is 78.9 Å². The van der Waals surface area contributed by atoms with E-state index >= 15 is 0 Å². The molecule has 0 atom stereocenters. The minimum absolute atomic E-state index is 0.113. The quantitative estimate of drug-likeness (QED) is 0.317. The number of para-hydroxylation sites is 1. The smallest absolute Gasteiger partial charge is 0.264 e. The van der Waals surface area contributed by atoms with Crippen LogP contribution in [0.25, 0.3) is 26.7 Å². The number of nitrogens with zero attached hydrogens (tertiary/aromatic N) is 4. The van der Waals surface area contributed by atoms with Gasteiger partial charge >= 0.3 is 0 Å². The van der Waals surface area contributed by atoms with E-state index in [2.05, 4.69) is 23.1 Å². The summed E-state index contributed by atoms with van der Waals surface area (Å²) < 4.78 is 8.06. The lowest BCUT2D eigenvalue weighted by Crippen LogP contribution is -2.49. The molecule has 0 aliphatic carbocycles. The molecule has 6 nitrogen and oxygen atoms in total. The van der Waals surface area contributed by atoms with E-state index in [0.717, 1.165) is 70.3 Å². The molecule has 5 aromatic rings. The number of ether oxygens (including phenoxy) is 1. The van der Waals surface area contributed by atoms with E-state index in [9.17, 15) is 4.79 Å². The second kappa shape index (κ2) is 9.76. The highest BCUT2D eigenvalue weighted by molar-refractivity contribution is 7.20. The number of aromatic nitrogens is 2. The predicted octanol–water partition coefficient (Wildman–Crippen LogP) is 5.39. The first-order valence-corrected chi connectivity index (χ1v) is 13.2. The standard InChI is InChI=1S/C29H28N4O2S/c1-21-25-20-27(36-29(25)33(30-21)23-10-3-2-4-11-23)28(34)32-16-14-31(15-17-32)18-19-35-26-13-7-9-22-8-5-6-12-24(22)26/h2-13,20H,14-19H2,1H3. The molecule has 36 heavy (non-hydrogen) atoms. The van der Waals surface area contributed by atoms with Gasteiger partial charge in [0.25, 0.3) is 5.91 Å². The Morgan fingerprint density at radius 2 is 1.67 bits per heavy atom. The molecule has 0 unspecified atom stereocenters. The van der Waals surface area contributed by atoms with E-state index < -0.39 is 0 Å². The fraction of sp³-hybridized carbons (Fsp3) is 0.241. The number of rotatable bonds is 6. The molecule has 0 radical (unpaired) electrons. The number of piperazine rings is 1. The highest BCUT2D eigenvalue weighted by Gasteiger charge is 2.25. The van der Waals surface area contributed by atoms with E-state index in [-0.39, 0.29) is 5.91 Å². The summed E-state index contributed by atoms with van der Waals surface area (Å²) >= 11 is 1.53. The summed E-state index contributed by atoms with van der Waals surface area (Å²) in [6, 6.07) is 26.6. The van der Waals surface area contributed by atoms with Crippen LogP contribution >= 0.6 is 11.3 Å². The number of aryl methyl sites for hydroxylation is 1.